The number of nitrogens with one attached hydrogen (secondary N) is 4. The van der Waals surface area contributed by atoms with Gasteiger partial charge in [0, 0.05) is 0 Å². The van der Waals surface area contributed by atoms with Crippen molar-refractivity contribution in [1.82, 2.24) is 26.6 Å². The van der Waals surface area contributed by atoms with E-state index in [1.54, 1.807) is 0 Å². The van der Waals surface area contributed by atoms with Crippen LogP contribution in [0.1, 0.15) is 30.4 Å². The van der Waals surface area contributed by atoms with Gasteiger partial charge >= 0.3 is 12.2 Å². The van der Waals surface area contributed by atoms with Gasteiger partial charge < -0.3 is 20.1 Å². The summed E-state index contributed by atoms with van der Waals surface area (Å²) in [6, 6.07) is 19.4. The zero-order valence-electron chi connectivity index (χ0n) is 23.0. The molecular weight excluding hydrogens is 548 g/mol. The molecule has 2 rings (SSSR count). The molecule has 0 atom stereocenters. The molecule has 4 N–H and O–H groups in total. The van der Waals surface area contributed by atoms with Crippen LogP contribution in [-0.4, -0.2) is 74.0 Å². The largest absolute Gasteiger partial charge is 0.450 e. The van der Waals surface area contributed by atoms with Crippen molar-refractivity contribution in [3.05, 3.63) is 71.8 Å². The molecule has 0 radical (unpaired) electrons. The molecular formula is C28H34N6O8. The maximum absolute atomic E-state index is 12.6. The SMILES string of the molecule is O=C=NCC(=O)NN(NC(=O)CNC(=O)OCCCc1ccccc1)C(=O)CNC(=O)OCCCCc1ccccc1. The molecule has 14 heteroatoms. The number of hydrogen-bond acceptors (Lipinski definition) is 9. The van der Waals surface area contributed by atoms with Crippen LogP contribution in [0.15, 0.2) is 65.7 Å². The van der Waals surface area contributed by atoms with Crippen LogP contribution in [-0.2, 0) is 41.5 Å². The van der Waals surface area contributed by atoms with Gasteiger partial charge in [0.25, 0.3) is 17.7 Å². The van der Waals surface area contributed by atoms with Crippen LogP contribution in [0.5, 0.6) is 0 Å². The fourth-order valence-electron chi connectivity index (χ4n) is 3.39. The Kier molecular flexibility index (Phi) is 15.5. The monoisotopic (exact) mass is 582 g/mol. The third kappa shape index (κ3) is 14.8. The zero-order chi connectivity index (χ0) is 30.4. The molecule has 0 heterocycles. The number of nitrogens with zero attached hydrogens (tertiary/aromatic N) is 2. The highest BCUT2D eigenvalue weighted by atomic mass is 16.6. The number of amides is 5. The minimum atomic E-state index is -0.962. The summed E-state index contributed by atoms with van der Waals surface area (Å²) in [5.74, 6) is -2.79. The molecule has 0 aromatic heterocycles. The normalized spacial score (nSPS) is 9.90. The van der Waals surface area contributed by atoms with Crippen molar-refractivity contribution in [3.8, 4) is 0 Å². The number of hydrazine groups is 2. The molecule has 0 aliphatic heterocycles. The third-order valence-corrected chi connectivity index (χ3v) is 5.41. The van der Waals surface area contributed by atoms with Crippen LogP contribution in [0.25, 0.3) is 0 Å². The van der Waals surface area contributed by atoms with E-state index in [1.807, 2.05) is 66.1 Å². The Morgan fingerprint density at radius 3 is 1.81 bits per heavy atom. The van der Waals surface area contributed by atoms with Crippen molar-refractivity contribution < 1.29 is 38.2 Å². The first-order valence-electron chi connectivity index (χ1n) is 13.2. The summed E-state index contributed by atoms with van der Waals surface area (Å²) in [6.45, 7) is -1.68. The molecule has 0 bridgehead atoms. The second-order valence-electron chi connectivity index (χ2n) is 8.72. The topological polar surface area (TPSA) is 185 Å². The minimum Gasteiger partial charge on any atom is -0.450 e. The number of hydrogen-bond donors (Lipinski definition) is 4. The molecule has 0 unspecified atom stereocenters. The summed E-state index contributed by atoms with van der Waals surface area (Å²) < 4.78 is 10.1. The van der Waals surface area contributed by atoms with Gasteiger partial charge in [-0.25, -0.2) is 25.2 Å². The van der Waals surface area contributed by atoms with Gasteiger partial charge in [-0.15, -0.1) is 0 Å². The summed E-state index contributed by atoms with van der Waals surface area (Å²) in [5.41, 5.74) is 6.37. The lowest BCUT2D eigenvalue weighted by atomic mass is 10.1. The van der Waals surface area contributed by atoms with Crippen molar-refractivity contribution in [2.24, 2.45) is 4.99 Å². The van der Waals surface area contributed by atoms with Crippen molar-refractivity contribution in [2.45, 2.75) is 32.1 Å². The van der Waals surface area contributed by atoms with E-state index in [4.69, 9.17) is 9.47 Å². The van der Waals surface area contributed by atoms with Gasteiger partial charge in [-0.3, -0.25) is 14.4 Å². The number of unbranched alkanes of at least 4 members (excludes halogenated alkanes) is 1. The van der Waals surface area contributed by atoms with Crippen molar-refractivity contribution in [3.63, 3.8) is 0 Å². The molecule has 0 saturated carbocycles. The first kappa shape index (κ1) is 33.0. The van der Waals surface area contributed by atoms with E-state index in [2.05, 4.69) is 21.1 Å². The quantitative estimate of drug-likeness (QED) is 0.105. The number of isocyanates is 1. The highest BCUT2D eigenvalue weighted by molar-refractivity contribution is 5.89. The van der Waals surface area contributed by atoms with Crippen molar-refractivity contribution in [1.29, 1.82) is 0 Å². The number of carbonyl (C=O) groups excluding carboxylic acids is 6. The lowest BCUT2D eigenvalue weighted by Gasteiger charge is -2.23. The number of benzene rings is 2. The lowest BCUT2D eigenvalue weighted by Crippen LogP contribution is -2.60. The van der Waals surface area contributed by atoms with Crippen LogP contribution < -0.4 is 21.5 Å². The van der Waals surface area contributed by atoms with Gasteiger partial charge in [-0.1, -0.05) is 60.7 Å². The summed E-state index contributed by atoms with van der Waals surface area (Å²) in [5, 5.41) is 4.85. The highest BCUT2D eigenvalue weighted by Crippen LogP contribution is 2.05. The second-order valence-corrected chi connectivity index (χ2v) is 8.72. The molecule has 0 fully saturated rings. The average molecular weight is 583 g/mol. The molecule has 0 aliphatic carbocycles. The Bertz CT molecular complexity index is 1210. The van der Waals surface area contributed by atoms with Crippen molar-refractivity contribution >= 4 is 36.0 Å². The van der Waals surface area contributed by atoms with Gasteiger partial charge in [-0.05, 0) is 43.2 Å². The fraction of sp³-hybridized carbons (Fsp3) is 0.357. The summed E-state index contributed by atoms with van der Waals surface area (Å²) in [6.07, 6.45) is 2.95. The van der Waals surface area contributed by atoms with E-state index in [1.165, 1.54) is 11.6 Å². The van der Waals surface area contributed by atoms with E-state index in [0.29, 0.717) is 24.4 Å². The van der Waals surface area contributed by atoms with E-state index in [9.17, 15) is 28.8 Å². The Morgan fingerprint density at radius 2 is 1.21 bits per heavy atom. The number of aliphatic imine (C=N–C) groups is 1. The third-order valence-electron chi connectivity index (χ3n) is 5.41. The van der Waals surface area contributed by atoms with Crippen LogP contribution in [0.2, 0.25) is 0 Å². The summed E-state index contributed by atoms with van der Waals surface area (Å²) in [7, 11) is 0. The molecule has 2 aromatic carbocycles. The molecule has 0 aliphatic rings. The molecule has 42 heavy (non-hydrogen) atoms. The Labute approximate surface area is 242 Å². The molecule has 224 valence electrons. The van der Waals surface area contributed by atoms with Crippen LogP contribution in [0, 0.1) is 0 Å². The van der Waals surface area contributed by atoms with Gasteiger partial charge in [0.05, 0.1) is 13.2 Å². The maximum atomic E-state index is 12.6. The smallest absolute Gasteiger partial charge is 0.407 e. The van der Waals surface area contributed by atoms with Gasteiger partial charge in [0.2, 0.25) is 6.08 Å². The number of rotatable bonds is 15. The van der Waals surface area contributed by atoms with E-state index in [-0.39, 0.29) is 13.2 Å². The minimum absolute atomic E-state index is 0.120. The van der Waals surface area contributed by atoms with Crippen LogP contribution in [0.3, 0.4) is 0 Å². The molecule has 14 nitrogen and oxygen atoms in total. The standard InChI is InChI=1S/C28H34N6O8/c35-21-29-18-24(36)32-34(26(38)20-31-28(40)41-16-8-7-14-22-10-3-1-4-11-22)33-25(37)19-30-27(39)42-17-9-15-23-12-5-2-6-13-23/h1-6,10-13H,7-9,14-20H2,(H,30,39)(H,31,40)(H,32,36)(H,33,37). The first-order chi connectivity index (χ1) is 20.4. The Hall–Kier alpha value is -5.23. The molecule has 5 amide bonds. The average Bonchev–Trinajstić information content (AvgIpc) is 3.00. The van der Waals surface area contributed by atoms with Gasteiger partial charge in [-0.2, -0.15) is 10.1 Å². The van der Waals surface area contributed by atoms with E-state index >= 15 is 0 Å². The molecule has 0 spiro atoms. The predicted octanol–water partition coefficient (Wildman–Crippen LogP) is 1.32. The van der Waals surface area contributed by atoms with E-state index < -0.39 is 49.5 Å². The first-order valence-corrected chi connectivity index (χ1v) is 13.2. The van der Waals surface area contributed by atoms with Crippen molar-refractivity contribution in [2.75, 3.05) is 32.8 Å². The predicted molar refractivity (Wildman–Crippen MR) is 149 cm³/mol. The van der Waals surface area contributed by atoms with Crippen LogP contribution in [0.4, 0.5) is 9.59 Å². The molecule has 0 saturated heterocycles. The van der Waals surface area contributed by atoms with Gasteiger partial charge in [0.15, 0.2) is 0 Å². The lowest BCUT2D eigenvalue weighted by molar-refractivity contribution is -0.149. The highest BCUT2D eigenvalue weighted by Gasteiger charge is 2.20. The Morgan fingerprint density at radius 1 is 0.690 bits per heavy atom. The number of alkyl carbamates (subject to hydrolysis) is 2. The number of carbonyl (C=O) groups is 5. The Balaban J connectivity index is 1.71. The molecule has 2 aromatic rings. The van der Waals surface area contributed by atoms with E-state index in [0.717, 1.165) is 18.4 Å². The zero-order valence-corrected chi connectivity index (χ0v) is 23.0. The number of ether oxygens (including phenoxy) is 2. The summed E-state index contributed by atoms with van der Waals surface area (Å²) in [4.78, 5) is 74.0. The van der Waals surface area contributed by atoms with Crippen LogP contribution >= 0.6 is 0 Å². The second kappa shape index (κ2) is 19.8. The summed E-state index contributed by atoms with van der Waals surface area (Å²) >= 11 is 0. The number of aryl methyl sites for hydroxylation is 2. The fourth-order valence-corrected chi connectivity index (χ4v) is 3.39. The maximum Gasteiger partial charge on any atom is 0.407 e. The van der Waals surface area contributed by atoms with Gasteiger partial charge in [0.1, 0.15) is 19.6 Å².